The zero-order valence-electron chi connectivity index (χ0n) is 12.7. The van der Waals surface area contributed by atoms with E-state index >= 15 is 0 Å². The van der Waals surface area contributed by atoms with E-state index in [-0.39, 0.29) is 35.5 Å². The second-order valence-electron chi connectivity index (χ2n) is 5.83. The van der Waals surface area contributed by atoms with E-state index in [9.17, 15) is 18.5 Å². The summed E-state index contributed by atoms with van der Waals surface area (Å²) >= 11 is 0. The Labute approximate surface area is 134 Å². The second-order valence-corrected chi connectivity index (χ2v) is 7.74. The van der Waals surface area contributed by atoms with Crippen molar-refractivity contribution in [2.75, 3.05) is 26.3 Å². The van der Waals surface area contributed by atoms with Gasteiger partial charge in [0.15, 0.2) is 16.4 Å². The summed E-state index contributed by atoms with van der Waals surface area (Å²) in [6.45, 7) is 3.27. The Balaban J connectivity index is 2.08. The highest BCUT2D eigenvalue weighted by molar-refractivity contribution is 7.89. The lowest BCUT2D eigenvalue weighted by Gasteiger charge is -2.30. The number of ether oxygens (including phenoxy) is 2. The van der Waals surface area contributed by atoms with Gasteiger partial charge in [0.2, 0.25) is 10.0 Å². The van der Waals surface area contributed by atoms with Crippen LogP contribution in [0.25, 0.3) is 0 Å². The number of hydrogen-bond acceptors (Lipinski definition) is 6. The average Bonchev–Trinajstić information content (AvgIpc) is 2.53. The fourth-order valence-corrected chi connectivity index (χ4v) is 4.66. The lowest BCUT2D eigenvalue weighted by Crippen LogP contribution is -2.39. The summed E-state index contributed by atoms with van der Waals surface area (Å²) in [4.78, 5) is 10.3. The molecule has 2 aliphatic heterocycles. The van der Waals surface area contributed by atoms with Crippen molar-refractivity contribution in [3.63, 3.8) is 0 Å². The first kappa shape index (κ1) is 16.0. The molecular formula is C14H18N2O6S. The molecule has 0 spiro atoms. The minimum absolute atomic E-state index is 0.203. The molecule has 1 saturated heterocycles. The van der Waals surface area contributed by atoms with Gasteiger partial charge in [-0.2, -0.15) is 4.31 Å². The van der Waals surface area contributed by atoms with E-state index in [4.69, 9.17) is 9.47 Å². The number of nitro benzene ring substituents is 1. The Hall–Kier alpha value is -1.87. The fraction of sp³-hybridized carbons (Fsp3) is 0.571. The van der Waals surface area contributed by atoms with Crippen molar-refractivity contribution in [1.29, 1.82) is 0 Å². The number of benzene rings is 1. The minimum atomic E-state index is -3.95. The highest BCUT2D eigenvalue weighted by atomic mass is 32.2. The molecule has 0 aromatic heterocycles. The molecular weight excluding hydrogens is 324 g/mol. The maximum Gasteiger partial charge on any atom is 0.293 e. The smallest absolute Gasteiger partial charge is 0.293 e. The fourth-order valence-electron chi connectivity index (χ4n) is 2.91. The predicted octanol–water partition coefficient (Wildman–Crippen LogP) is 1.79. The highest BCUT2D eigenvalue weighted by Gasteiger charge is 2.36. The molecule has 1 atom stereocenters. The van der Waals surface area contributed by atoms with Gasteiger partial charge >= 0.3 is 0 Å². The zero-order valence-corrected chi connectivity index (χ0v) is 13.5. The van der Waals surface area contributed by atoms with Crippen LogP contribution in [-0.4, -0.2) is 43.9 Å². The lowest BCUT2D eigenvalue weighted by atomic mass is 10.0. The molecule has 1 aromatic carbocycles. The maximum absolute atomic E-state index is 12.9. The zero-order chi connectivity index (χ0) is 16.6. The minimum Gasteiger partial charge on any atom is -0.486 e. The van der Waals surface area contributed by atoms with Gasteiger partial charge in [-0.05, 0) is 18.8 Å². The molecule has 23 heavy (non-hydrogen) atoms. The SMILES string of the molecule is C[C@H]1CCCN(S(=O)(=O)c2cc3c(cc2[N+](=O)[O-])OCCO3)C1. The van der Waals surface area contributed by atoms with Gasteiger partial charge in [-0.15, -0.1) is 0 Å². The quantitative estimate of drug-likeness (QED) is 0.613. The van der Waals surface area contributed by atoms with Crippen LogP contribution in [0.5, 0.6) is 11.5 Å². The van der Waals surface area contributed by atoms with E-state index in [1.165, 1.54) is 10.4 Å². The molecule has 0 N–H and O–H groups in total. The predicted molar refractivity (Wildman–Crippen MR) is 81.2 cm³/mol. The van der Waals surface area contributed by atoms with E-state index in [0.717, 1.165) is 18.9 Å². The standard InChI is InChI=1S/C14H18N2O6S/c1-10-3-2-4-15(9-10)23(19,20)14-8-13-12(21-5-6-22-13)7-11(14)16(17)18/h7-8,10H,2-6,9H2,1H3/t10-/m0/s1. The van der Waals surface area contributed by atoms with Crippen LogP contribution < -0.4 is 9.47 Å². The van der Waals surface area contributed by atoms with E-state index in [2.05, 4.69) is 0 Å². The highest BCUT2D eigenvalue weighted by Crippen LogP contribution is 2.40. The van der Waals surface area contributed by atoms with Crippen LogP contribution in [0.3, 0.4) is 0 Å². The van der Waals surface area contributed by atoms with Gasteiger partial charge < -0.3 is 9.47 Å². The molecule has 0 aliphatic carbocycles. The number of nitro groups is 1. The Morgan fingerprint density at radius 3 is 2.52 bits per heavy atom. The average molecular weight is 342 g/mol. The van der Waals surface area contributed by atoms with Gasteiger partial charge in [0.05, 0.1) is 11.0 Å². The first-order valence-corrected chi connectivity index (χ1v) is 8.92. The molecule has 0 bridgehead atoms. The third-order valence-corrected chi connectivity index (χ3v) is 5.95. The van der Waals surface area contributed by atoms with Gasteiger partial charge in [0.25, 0.3) is 5.69 Å². The molecule has 9 heteroatoms. The normalized spacial score (nSPS) is 21.9. The van der Waals surface area contributed by atoms with Crippen LogP contribution in [0.15, 0.2) is 17.0 Å². The van der Waals surface area contributed by atoms with Crippen LogP contribution in [0.1, 0.15) is 19.8 Å². The summed E-state index contributed by atoms with van der Waals surface area (Å²) in [5, 5.41) is 11.3. The topological polar surface area (TPSA) is 99.0 Å². The van der Waals surface area contributed by atoms with Crippen molar-refractivity contribution in [3.8, 4) is 11.5 Å². The Morgan fingerprint density at radius 2 is 1.91 bits per heavy atom. The summed E-state index contributed by atoms with van der Waals surface area (Å²) in [6.07, 6.45) is 1.70. The summed E-state index contributed by atoms with van der Waals surface area (Å²) < 4.78 is 37.7. The van der Waals surface area contributed by atoms with E-state index in [1.54, 1.807) is 0 Å². The largest absolute Gasteiger partial charge is 0.486 e. The second kappa shape index (κ2) is 5.97. The summed E-state index contributed by atoms with van der Waals surface area (Å²) in [6, 6.07) is 2.34. The Kier molecular flexibility index (Phi) is 4.15. The number of hydrogen-bond donors (Lipinski definition) is 0. The molecule has 0 saturated carbocycles. The van der Waals surface area contributed by atoms with Crippen LogP contribution in [0, 0.1) is 16.0 Å². The molecule has 3 rings (SSSR count). The molecule has 0 radical (unpaired) electrons. The van der Waals surface area contributed by atoms with Crippen molar-refractivity contribution >= 4 is 15.7 Å². The molecule has 126 valence electrons. The van der Waals surface area contributed by atoms with Gasteiger partial charge in [0, 0.05) is 19.2 Å². The number of nitrogens with zero attached hydrogens (tertiary/aromatic N) is 2. The number of rotatable bonds is 3. The first-order chi connectivity index (χ1) is 10.9. The number of piperidine rings is 1. The van der Waals surface area contributed by atoms with Crippen molar-refractivity contribution < 1.29 is 22.8 Å². The van der Waals surface area contributed by atoms with Gasteiger partial charge in [-0.3, -0.25) is 10.1 Å². The van der Waals surface area contributed by atoms with E-state index in [1.807, 2.05) is 6.92 Å². The van der Waals surface area contributed by atoms with Crippen LogP contribution >= 0.6 is 0 Å². The first-order valence-electron chi connectivity index (χ1n) is 7.48. The van der Waals surface area contributed by atoms with Crippen LogP contribution in [0.4, 0.5) is 5.69 Å². The molecule has 8 nitrogen and oxygen atoms in total. The molecule has 2 heterocycles. The van der Waals surface area contributed by atoms with Crippen molar-refractivity contribution in [3.05, 3.63) is 22.2 Å². The van der Waals surface area contributed by atoms with Crippen molar-refractivity contribution in [2.24, 2.45) is 5.92 Å². The van der Waals surface area contributed by atoms with E-state index < -0.39 is 20.6 Å². The monoisotopic (exact) mass is 342 g/mol. The number of sulfonamides is 1. The van der Waals surface area contributed by atoms with Crippen molar-refractivity contribution in [1.82, 2.24) is 4.31 Å². The van der Waals surface area contributed by atoms with Gasteiger partial charge in [-0.1, -0.05) is 6.92 Å². The molecule has 1 aromatic rings. The van der Waals surface area contributed by atoms with Crippen LogP contribution in [-0.2, 0) is 10.0 Å². The molecule has 1 fully saturated rings. The number of fused-ring (bicyclic) bond motifs is 1. The summed E-state index contributed by atoms with van der Waals surface area (Å²) in [5.74, 6) is 0.661. The Bertz CT molecular complexity index is 733. The van der Waals surface area contributed by atoms with Gasteiger partial charge in [-0.25, -0.2) is 8.42 Å². The van der Waals surface area contributed by atoms with Crippen molar-refractivity contribution in [2.45, 2.75) is 24.7 Å². The molecule has 2 aliphatic rings. The molecule has 0 unspecified atom stereocenters. The third-order valence-electron chi connectivity index (χ3n) is 4.06. The third kappa shape index (κ3) is 2.98. The summed E-state index contributed by atoms with van der Waals surface area (Å²) in [5.41, 5.74) is -0.479. The Morgan fingerprint density at radius 1 is 1.26 bits per heavy atom. The maximum atomic E-state index is 12.9. The molecule has 0 amide bonds. The van der Waals surface area contributed by atoms with E-state index in [0.29, 0.717) is 13.1 Å². The van der Waals surface area contributed by atoms with Crippen LogP contribution in [0.2, 0.25) is 0 Å². The lowest BCUT2D eigenvalue weighted by molar-refractivity contribution is -0.388. The van der Waals surface area contributed by atoms with Gasteiger partial charge in [0.1, 0.15) is 13.2 Å². The summed E-state index contributed by atoms with van der Waals surface area (Å²) in [7, 11) is -3.95.